The van der Waals surface area contributed by atoms with Crippen molar-refractivity contribution in [3.63, 3.8) is 0 Å². The van der Waals surface area contributed by atoms with Crippen LogP contribution in [0.5, 0.6) is 11.5 Å². The Balaban J connectivity index is 2.86. The first-order chi connectivity index (χ1) is 8.58. The minimum Gasteiger partial charge on any atom is -0.490 e. The Labute approximate surface area is 123 Å². The highest BCUT2D eigenvalue weighted by Crippen LogP contribution is 2.37. The molecule has 0 saturated carbocycles. The third-order valence-corrected chi connectivity index (χ3v) is 3.36. The van der Waals surface area contributed by atoms with Gasteiger partial charge < -0.3 is 9.47 Å². The summed E-state index contributed by atoms with van der Waals surface area (Å²) in [7, 11) is 0. The summed E-state index contributed by atoms with van der Waals surface area (Å²) in [5, 5.41) is 0. The van der Waals surface area contributed by atoms with Crippen LogP contribution >= 0.6 is 27.5 Å². The van der Waals surface area contributed by atoms with Crippen LogP contribution < -0.4 is 9.47 Å². The SMILES string of the molecule is CCOc1cc(CCl)cc(Br)c1OCCC(C)C. The fraction of sp³-hybridized carbons (Fsp3) is 0.571. The first-order valence-corrected chi connectivity index (χ1v) is 7.55. The van der Waals surface area contributed by atoms with E-state index in [4.69, 9.17) is 21.1 Å². The molecule has 1 rings (SSSR count). The summed E-state index contributed by atoms with van der Waals surface area (Å²) in [5.41, 5.74) is 1.02. The maximum atomic E-state index is 5.85. The van der Waals surface area contributed by atoms with Gasteiger partial charge in [-0.15, -0.1) is 11.6 Å². The zero-order valence-corrected chi connectivity index (χ0v) is 13.5. The summed E-state index contributed by atoms with van der Waals surface area (Å²) in [5.74, 6) is 2.62. The highest BCUT2D eigenvalue weighted by atomic mass is 79.9. The van der Waals surface area contributed by atoms with Gasteiger partial charge in [0.25, 0.3) is 0 Å². The van der Waals surface area contributed by atoms with Gasteiger partial charge in [0.2, 0.25) is 0 Å². The molecule has 0 aliphatic heterocycles. The molecule has 0 aromatic heterocycles. The highest BCUT2D eigenvalue weighted by Gasteiger charge is 2.12. The molecule has 0 saturated heterocycles. The molecule has 0 radical (unpaired) electrons. The van der Waals surface area contributed by atoms with Gasteiger partial charge >= 0.3 is 0 Å². The Bertz CT molecular complexity index is 380. The molecule has 0 atom stereocenters. The Morgan fingerprint density at radius 3 is 2.56 bits per heavy atom. The second-order valence-corrected chi connectivity index (χ2v) is 5.62. The minimum absolute atomic E-state index is 0.463. The molecule has 1 aromatic carbocycles. The van der Waals surface area contributed by atoms with E-state index in [1.807, 2.05) is 19.1 Å². The van der Waals surface area contributed by atoms with Crippen LogP contribution in [0.1, 0.15) is 32.8 Å². The predicted molar refractivity (Wildman–Crippen MR) is 79.8 cm³/mol. The van der Waals surface area contributed by atoms with Crippen molar-refractivity contribution in [3.8, 4) is 11.5 Å². The van der Waals surface area contributed by atoms with Crippen molar-refractivity contribution in [1.29, 1.82) is 0 Å². The zero-order chi connectivity index (χ0) is 13.5. The van der Waals surface area contributed by atoms with Gasteiger partial charge in [0.05, 0.1) is 17.7 Å². The van der Waals surface area contributed by atoms with Gasteiger partial charge in [-0.25, -0.2) is 0 Å². The molecule has 4 heteroatoms. The average Bonchev–Trinajstić information content (AvgIpc) is 2.32. The van der Waals surface area contributed by atoms with Crippen LogP contribution in [0.3, 0.4) is 0 Å². The fourth-order valence-corrected chi connectivity index (χ4v) is 2.26. The molecule has 0 heterocycles. The van der Waals surface area contributed by atoms with Gasteiger partial charge in [0.15, 0.2) is 11.5 Å². The molecule has 0 spiro atoms. The van der Waals surface area contributed by atoms with E-state index in [-0.39, 0.29) is 0 Å². The van der Waals surface area contributed by atoms with Crippen LogP contribution in [-0.2, 0) is 5.88 Å². The van der Waals surface area contributed by atoms with Crippen molar-refractivity contribution in [3.05, 3.63) is 22.2 Å². The Morgan fingerprint density at radius 2 is 2.00 bits per heavy atom. The lowest BCUT2D eigenvalue weighted by Gasteiger charge is -2.15. The van der Waals surface area contributed by atoms with Crippen LogP contribution in [0.15, 0.2) is 16.6 Å². The normalized spacial score (nSPS) is 10.8. The van der Waals surface area contributed by atoms with Crippen molar-refractivity contribution >= 4 is 27.5 Å². The Hall–Kier alpha value is -0.410. The second-order valence-electron chi connectivity index (χ2n) is 4.50. The lowest BCUT2D eigenvalue weighted by Crippen LogP contribution is -2.04. The van der Waals surface area contributed by atoms with E-state index in [0.29, 0.717) is 25.0 Å². The standard InChI is InChI=1S/C14H20BrClO2/c1-4-17-13-8-11(9-16)7-12(15)14(13)18-6-5-10(2)3/h7-8,10H,4-6,9H2,1-3H3. The lowest BCUT2D eigenvalue weighted by atomic mass is 10.1. The Kier molecular flexibility index (Phi) is 6.87. The van der Waals surface area contributed by atoms with Gasteiger partial charge in [-0.3, -0.25) is 0 Å². The molecule has 18 heavy (non-hydrogen) atoms. The van der Waals surface area contributed by atoms with E-state index in [1.165, 1.54) is 0 Å². The molecule has 0 aliphatic carbocycles. The highest BCUT2D eigenvalue weighted by molar-refractivity contribution is 9.10. The monoisotopic (exact) mass is 334 g/mol. The Morgan fingerprint density at radius 1 is 1.28 bits per heavy atom. The number of rotatable bonds is 7. The largest absolute Gasteiger partial charge is 0.490 e. The molecule has 0 unspecified atom stereocenters. The first-order valence-electron chi connectivity index (χ1n) is 6.22. The van der Waals surface area contributed by atoms with Crippen LogP contribution in [-0.4, -0.2) is 13.2 Å². The molecule has 0 bridgehead atoms. The maximum absolute atomic E-state index is 5.85. The number of halogens is 2. The zero-order valence-electron chi connectivity index (χ0n) is 11.1. The van der Waals surface area contributed by atoms with E-state index in [0.717, 1.165) is 28.0 Å². The molecular formula is C14H20BrClO2. The smallest absolute Gasteiger partial charge is 0.175 e. The van der Waals surface area contributed by atoms with Crippen molar-refractivity contribution in [2.45, 2.75) is 33.1 Å². The van der Waals surface area contributed by atoms with Crippen molar-refractivity contribution in [2.75, 3.05) is 13.2 Å². The summed E-state index contributed by atoms with van der Waals surface area (Å²) >= 11 is 9.36. The molecule has 0 fully saturated rings. The van der Waals surface area contributed by atoms with E-state index >= 15 is 0 Å². The molecular weight excluding hydrogens is 316 g/mol. The van der Waals surface area contributed by atoms with E-state index < -0.39 is 0 Å². The number of hydrogen-bond donors (Lipinski definition) is 0. The molecule has 1 aromatic rings. The quantitative estimate of drug-likeness (QED) is 0.652. The summed E-state index contributed by atoms with van der Waals surface area (Å²) in [6.45, 7) is 7.62. The van der Waals surface area contributed by atoms with Crippen LogP contribution in [0.25, 0.3) is 0 Å². The number of benzene rings is 1. The van der Waals surface area contributed by atoms with Gasteiger partial charge in [0, 0.05) is 5.88 Å². The molecule has 102 valence electrons. The molecule has 2 nitrogen and oxygen atoms in total. The van der Waals surface area contributed by atoms with Crippen LogP contribution in [0.4, 0.5) is 0 Å². The molecule has 0 aliphatic rings. The second kappa shape index (κ2) is 7.90. The third kappa shape index (κ3) is 4.69. The van der Waals surface area contributed by atoms with Crippen molar-refractivity contribution in [1.82, 2.24) is 0 Å². The fourth-order valence-electron chi connectivity index (χ4n) is 1.50. The molecule has 0 N–H and O–H groups in total. The maximum Gasteiger partial charge on any atom is 0.175 e. The third-order valence-electron chi connectivity index (χ3n) is 2.47. The minimum atomic E-state index is 0.463. The van der Waals surface area contributed by atoms with E-state index in [2.05, 4.69) is 29.8 Å². The summed E-state index contributed by atoms with van der Waals surface area (Å²) < 4.78 is 12.3. The van der Waals surface area contributed by atoms with Crippen LogP contribution in [0, 0.1) is 5.92 Å². The topological polar surface area (TPSA) is 18.5 Å². The first kappa shape index (κ1) is 15.6. The predicted octanol–water partition coefficient (Wildman–Crippen LogP) is 5.01. The van der Waals surface area contributed by atoms with Crippen LogP contribution in [0.2, 0.25) is 0 Å². The summed E-state index contributed by atoms with van der Waals surface area (Å²) in [6, 6.07) is 3.91. The van der Waals surface area contributed by atoms with Crippen molar-refractivity contribution < 1.29 is 9.47 Å². The summed E-state index contributed by atoms with van der Waals surface area (Å²) in [6.07, 6.45) is 1.02. The number of ether oxygens (including phenoxy) is 2. The van der Waals surface area contributed by atoms with Gasteiger partial charge in [-0.1, -0.05) is 13.8 Å². The van der Waals surface area contributed by atoms with Gasteiger partial charge in [-0.2, -0.15) is 0 Å². The van der Waals surface area contributed by atoms with Crippen molar-refractivity contribution in [2.24, 2.45) is 5.92 Å². The van der Waals surface area contributed by atoms with Gasteiger partial charge in [-0.05, 0) is 52.9 Å². The van der Waals surface area contributed by atoms with E-state index in [1.54, 1.807) is 0 Å². The van der Waals surface area contributed by atoms with Gasteiger partial charge in [0.1, 0.15) is 0 Å². The molecule has 0 amide bonds. The summed E-state index contributed by atoms with van der Waals surface area (Å²) in [4.78, 5) is 0. The number of hydrogen-bond acceptors (Lipinski definition) is 2. The average molecular weight is 336 g/mol. The van der Waals surface area contributed by atoms with E-state index in [9.17, 15) is 0 Å². The number of alkyl halides is 1. The lowest BCUT2D eigenvalue weighted by molar-refractivity contribution is 0.260.